The summed E-state index contributed by atoms with van der Waals surface area (Å²) in [4.78, 5) is 25.0. The van der Waals surface area contributed by atoms with Gasteiger partial charge in [-0.15, -0.1) is 11.3 Å². The van der Waals surface area contributed by atoms with E-state index in [1.54, 1.807) is 0 Å². The van der Waals surface area contributed by atoms with Crippen LogP contribution in [-0.2, 0) is 13.0 Å². The fraction of sp³-hybridized carbons (Fsp3) is 0.176. The van der Waals surface area contributed by atoms with Crippen LogP contribution in [0, 0.1) is 0 Å². The molecule has 0 saturated heterocycles. The molecular formula is C17H14BrNO4S. The highest BCUT2D eigenvalue weighted by molar-refractivity contribution is 9.10. The van der Waals surface area contributed by atoms with E-state index in [-0.39, 0.29) is 12.1 Å². The van der Waals surface area contributed by atoms with Crippen LogP contribution >= 0.6 is 27.3 Å². The Labute approximate surface area is 149 Å². The Morgan fingerprint density at radius 1 is 1.29 bits per heavy atom. The number of rotatable bonds is 4. The summed E-state index contributed by atoms with van der Waals surface area (Å²) in [6, 6.07) is 9.31. The third-order valence-corrected chi connectivity index (χ3v) is 5.60. The lowest BCUT2D eigenvalue weighted by molar-refractivity contribution is 0.0695. The number of benzene rings is 1. The van der Waals surface area contributed by atoms with Crippen molar-refractivity contribution in [3.05, 3.63) is 61.2 Å². The number of carboxylic acid groups (broad SMARTS) is 1. The van der Waals surface area contributed by atoms with Gasteiger partial charge in [0, 0.05) is 9.35 Å². The van der Waals surface area contributed by atoms with Crippen molar-refractivity contribution < 1.29 is 15.0 Å². The molecule has 124 valence electrons. The number of aryl methyl sites for hydroxylation is 1. The van der Waals surface area contributed by atoms with Crippen LogP contribution in [0.4, 0.5) is 0 Å². The first-order chi connectivity index (χ1) is 11.4. The molecule has 0 bridgehead atoms. The number of nitrogens with zero attached hydrogens (tertiary/aromatic N) is 1. The zero-order valence-electron chi connectivity index (χ0n) is 12.7. The van der Waals surface area contributed by atoms with Gasteiger partial charge in [0.05, 0.1) is 16.8 Å². The molecule has 0 aliphatic carbocycles. The monoisotopic (exact) mass is 407 g/mol. The summed E-state index contributed by atoms with van der Waals surface area (Å²) >= 11 is 4.66. The molecule has 2 heterocycles. The Bertz CT molecular complexity index is 988. The first-order valence-electron chi connectivity index (χ1n) is 7.28. The number of hydrogen-bond donors (Lipinski definition) is 2. The minimum atomic E-state index is -1.30. The lowest BCUT2D eigenvalue weighted by atomic mass is 10.1. The summed E-state index contributed by atoms with van der Waals surface area (Å²) < 4.78 is 2.78. The summed E-state index contributed by atoms with van der Waals surface area (Å²) in [5.41, 5.74) is 0.420. The van der Waals surface area contributed by atoms with Crippen LogP contribution < -0.4 is 5.56 Å². The largest absolute Gasteiger partial charge is 0.502 e. The van der Waals surface area contributed by atoms with Gasteiger partial charge in [-0.2, -0.15) is 0 Å². The molecule has 7 heteroatoms. The molecule has 3 aromatic rings. The van der Waals surface area contributed by atoms with E-state index in [2.05, 4.69) is 15.9 Å². The Morgan fingerprint density at radius 3 is 2.54 bits per heavy atom. The molecule has 5 nitrogen and oxygen atoms in total. The number of halogens is 1. The number of carbonyl (C=O) groups is 1. The fourth-order valence-electron chi connectivity index (χ4n) is 2.56. The second kappa shape index (κ2) is 6.41. The first-order valence-corrected chi connectivity index (χ1v) is 8.89. The standard InChI is InChI=1S/C17H14BrNO4S/c1-2-11-7-12-15(24-11)13(17(22)23)14(20)16(21)19(12)8-9-3-5-10(18)6-4-9/h3-7,20H,2,8H2,1H3,(H,22,23). The average molecular weight is 408 g/mol. The highest BCUT2D eigenvalue weighted by Crippen LogP contribution is 2.32. The zero-order chi connectivity index (χ0) is 17.4. The van der Waals surface area contributed by atoms with Crippen LogP contribution in [0.15, 0.2) is 39.6 Å². The molecule has 0 fully saturated rings. The van der Waals surface area contributed by atoms with E-state index >= 15 is 0 Å². The summed E-state index contributed by atoms with van der Waals surface area (Å²) in [6.45, 7) is 2.22. The molecular weight excluding hydrogens is 394 g/mol. The lowest BCUT2D eigenvalue weighted by Gasteiger charge is -2.11. The van der Waals surface area contributed by atoms with Gasteiger partial charge in [-0.25, -0.2) is 4.79 Å². The van der Waals surface area contributed by atoms with Gasteiger partial charge in [0.1, 0.15) is 5.56 Å². The second-order valence-electron chi connectivity index (χ2n) is 5.33. The van der Waals surface area contributed by atoms with E-state index in [1.165, 1.54) is 15.9 Å². The molecule has 24 heavy (non-hydrogen) atoms. The average Bonchev–Trinajstić information content (AvgIpc) is 2.97. The molecule has 2 aromatic heterocycles. The lowest BCUT2D eigenvalue weighted by Crippen LogP contribution is -2.22. The maximum atomic E-state index is 12.5. The summed E-state index contributed by atoms with van der Waals surface area (Å²) in [5.74, 6) is -2.01. The van der Waals surface area contributed by atoms with E-state index in [0.29, 0.717) is 10.2 Å². The van der Waals surface area contributed by atoms with Crippen LogP contribution in [-0.4, -0.2) is 20.7 Å². The molecule has 3 rings (SSSR count). The minimum Gasteiger partial charge on any atom is -0.502 e. The van der Waals surface area contributed by atoms with Crippen molar-refractivity contribution in [2.45, 2.75) is 19.9 Å². The Balaban J connectivity index is 2.27. The third kappa shape index (κ3) is 2.85. The SMILES string of the molecule is CCc1cc2c(s1)c(C(=O)O)c(O)c(=O)n2Cc1ccc(Br)cc1. The topological polar surface area (TPSA) is 79.5 Å². The molecule has 0 amide bonds. The van der Waals surface area contributed by atoms with Crippen molar-refractivity contribution in [1.82, 2.24) is 4.57 Å². The third-order valence-electron chi connectivity index (χ3n) is 3.78. The van der Waals surface area contributed by atoms with Gasteiger partial charge in [0.2, 0.25) is 0 Å². The molecule has 2 N–H and O–H groups in total. The molecule has 0 aliphatic heterocycles. The van der Waals surface area contributed by atoms with Crippen LogP contribution in [0.5, 0.6) is 5.75 Å². The highest BCUT2D eigenvalue weighted by atomic mass is 79.9. The number of aromatic nitrogens is 1. The molecule has 0 saturated carbocycles. The number of aromatic carboxylic acids is 1. The first kappa shape index (κ1) is 16.7. The van der Waals surface area contributed by atoms with Crippen LogP contribution in [0.1, 0.15) is 27.7 Å². The smallest absolute Gasteiger partial charge is 0.341 e. The second-order valence-corrected chi connectivity index (χ2v) is 7.38. The van der Waals surface area contributed by atoms with Gasteiger partial charge in [-0.1, -0.05) is 35.0 Å². The van der Waals surface area contributed by atoms with Gasteiger partial charge in [0.15, 0.2) is 5.75 Å². The Hall–Kier alpha value is -2.12. The number of thiophene rings is 1. The zero-order valence-corrected chi connectivity index (χ0v) is 15.1. The number of fused-ring (bicyclic) bond motifs is 1. The number of hydrogen-bond acceptors (Lipinski definition) is 4. The normalized spacial score (nSPS) is 11.1. The molecule has 0 spiro atoms. The van der Waals surface area contributed by atoms with E-state index in [1.807, 2.05) is 37.3 Å². The van der Waals surface area contributed by atoms with E-state index < -0.39 is 17.3 Å². The minimum absolute atomic E-state index is 0.260. The molecule has 0 unspecified atom stereocenters. The van der Waals surface area contributed by atoms with Gasteiger partial charge in [0.25, 0.3) is 5.56 Å². The maximum absolute atomic E-state index is 12.5. The molecule has 1 aromatic carbocycles. The summed E-state index contributed by atoms with van der Waals surface area (Å²) in [6.07, 6.45) is 0.728. The van der Waals surface area contributed by atoms with Crippen molar-refractivity contribution >= 4 is 43.5 Å². The van der Waals surface area contributed by atoms with Crippen molar-refractivity contribution in [3.8, 4) is 5.75 Å². The van der Waals surface area contributed by atoms with Crippen molar-refractivity contribution in [2.75, 3.05) is 0 Å². The molecule has 0 aliphatic rings. The van der Waals surface area contributed by atoms with E-state index in [9.17, 15) is 19.8 Å². The van der Waals surface area contributed by atoms with Gasteiger partial charge in [-0.05, 0) is 30.2 Å². The predicted octanol–water partition coefficient (Wildman–Crippen LogP) is 3.84. The van der Waals surface area contributed by atoms with Crippen LogP contribution in [0.3, 0.4) is 0 Å². The van der Waals surface area contributed by atoms with Gasteiger partial charge < -0.3 is 10.2 Å². The Kier molecular flexibility index (Phi) is 4.47. The predicted molar refractivity (Wildman–Crippen MR) is 97.3 cm³/mol. The van der Waals surface area contributed by atoms with Gasteiger partial charge in [-0.3, -0.25) is 9.36 Å². The fourth-order valence-corrected chi connectivity index (χ4v) is 3.97. The molecule has 0 radical (unpaired) electrons. The quantitative estimate of drug-likeness (QED) is 0.688. The number of pyridine rings is 1. The van der Waals surface area contributed by atoms with E-state index in [4.69, 9.17) is 0 Å². The summed E-state index contributed by atoms with van der Waals surface area (Å²) in [5, 5.41) is 19.5. The number of carboxylic acids is 1. The van der Waals surface area contributed by atoms with E-state index in [0.717, 1.165) is 21.3 Å². The maximum Gasteiger partial charge on any atom is 0.341 e. The Morgan fingerprint density at radius 2 is 1.96 bits per heavy atom. The van der Waals surface area contributed by atoms with Gasteiger partial charge >= 0.3 is 5.97 Å². The van der Waals surface area contributed by atoms with Crippen molar-refractivity contribution in [3.63, 3.8) is 0 Å². The van der Waals surface area contributed by atoms with Crippen molar-refractivity contribution in [2.24, 2.45) is 0 Å². The highest BCUT2D eigenvalue weighted by Gasteiger charge is 2.23. The number of aromatic hydroxyl groups is 1. The van der Waals surface area contributed by atoms with Crippen molar-refractivity contribution in [1.29, 1.82) is 0 Å². The molecule has 0 atom stereocenters. The van der Waals surface area contributed by atoms with Crippen LogP contribution in [0.2, 0.25) is 0 Å². The van der Waals surface area contributed by atoms with Crippen LogP contribution in [0.25, 0.3) is 10.2 Å². The summed E-state index contributed by atoms with van der Waals surface area (Å²) in [7, 11) is 0.